The molecule has 2 nitrogen and oxygen atoms in total. The van der Waals surface area contributed by atoms with Crippen LogP contribution in [0.1, 0.15) is 6.42 Å². The van der Waals surface area contributed by atoms with Gasteiger partial charge in [0.25, 0.3) is 0 Å². The first-order valence-corrected chi connectivity index (χ1v) is 3.46. The normalized spacial score (nSPS) is 31.6. The molecule has 0 radical (unpaired) electrons. The Morgan fingerprint density at radius 1 is 1.80 bits per heavy atom. The second-order valence-electron chi connectivity index (χ2n) is 2.51. The van der Waals surface area contributed by atoms with Crippen LogP contribution in [0.4, 0.5) is 0 Å². The number of aliphatic imine (C=N–C) groups is 1. The molecule has 1 fully saturated rings. The molecule has 0 spiro atoms. The lowest BCUT2D eigenvalue weighted by atomic mass is 10.3. The zero-order valence-electron chi connectivity index (χ0n) is 6.50. The van der Waals surface area contributed by atoms with Crippen molar-refractivity contribution < 1.29 is 4.74 Å². The van der Waals surface area contributed by atoms with Gasteiger partial charge in [-0.2, -0.15) is 0 Å². The molecule has 0 N–H and O–H groups in total. The topological polar surface area (TPSA) is 21.6 Å². The maximum Gasteiger partial charge on any atom is 0.186 e. The summed E-state index contributed by atoms with van der Waals surface area (Å²) in [4.78, 5) is 4.01. The summed E-state index contributed by atoms with van der Waals surface area (Å²) in [5.41, 5.74) is 0. The second-order valence-corrected chi connectivity index (χ2v) is 2.51. The van der Waals surface area contributed by atoms with E-state index in [-0.39, 0.29) is 0 Å². The fourth-order valence-corrected chi connectivity index (χ4v) is 1.17. The summed E-state index contributed by atoms with van der Waals surface area (Å²) in [5, 5.41) is 0. The Balaban J connectivity index is 2.44. The van der Waals surface area contributed by atoms with Crippen molar-refractivity contribution in [2.45, 2.75) is 6.42 Å². The molecule has 0 aromatic carbocycles. The quantitative estimate of drug-likeness (QED) is 0.322. The van der Waals surface area contributed by atoms with Crippen LogP contribution in [0, 0.1) is 11.8 Å². The summed E-state index contributed by atoms with van der Waals surface area (Å²) in [6, 6.07) is 0. The summed E-state index contributed by atoms with van der Waals surface area (Å²) in [6.07, 6.45) is 3.12. The summed E-state index contributed by atoms with van der Waals surface area (Å²) in [5.74, 6) is 2.00. The zero-order valence-corrected chi connectivity index (χ0v) is 6.50. The highest BCUT2D eigenvalue weighted by atomic mass is 16.5. The first kappa shape index (κ1) is 7.32. The van der Waals surface area contributed by atoms with Crippen molar-refractivity contribution in [2.24, 2.45) is 16.8 Å². The lowest BCUT2D eigenvalue weighted by molar-refractivity contribution is 0.384. The standard InChI is InChI=1S/C8H13NO/c1-4-6-5-7(6)8(9-2)10-3/h4,6-7H,1,5H2,2-3H3/t6-,7-/m0/s1. The Bertz CT molecular complexity index is 163. The van der Waals surface area contributed by atoms with Gasteiger partial charge in [-0.05, 0) is 12.3 Å². The monoisotopic (exact) mass is 139 g/mol. The minimum Gasteiger partial charge on any atom is -0.484 e. The van der Waals surface area contributed by atoms with Gasteiger partial charge in [0.15, 0.2) is 5.90 Å². The van der Waals surface area contributed by atoms with E-state index in [2.05, 4.69) is 11.6 Å². The van der Waals surface area contributed by atoms with Gasteiger partial charge in [0.05, 0.1) is 7.11 Å². The van der Waals surface area contributed by atoms with E-state index in [9.17, 15) is 0 Å². The van der Waals surface area contributed by atoms with Crippen LogP contribution in [0.2, 0.25) is 0 Å². The molecular formula is C8H13NO. The average Bonchev–Trinajstić information content (AvgIpc) is 2.70. The minimum atomic E-state index is 0.521. The number of hydrogen-bond acceptors (Lipinski definition) is 2. The molecule has 1 saturated carbocycles. The SMILES string of the molecule is C=C[C@H]1C[C@@H]1C(=NC)OC. The van der Waals surface area contributed by atoms with Crippen LogP contribution >= 0.6 is 0 Å². The van der Waals surface area contributed by atoms with Crippen LogP contribution in [-0.4, -0.2) is 20.1 Å². The van der Waals surface area contributed by atoms with Crippen LogP contribution in [0.5, 0.6) is 0 Å². The van der Waals surface area contributed by atoms with Gasteiger partial charge in [-0.3, -0.25) is 4.99 Å². The summed E-state index contributed by atoms with van der Waals surface area (Å²) in [7, 11) is 3.43. The molecule has 0 saturated heterocycles. The first-order chi connectivity index (χ1) is 4.83. The molecule has 0 aromatic heterocycles. The summed E-state index contributed by atoms with van der Waals surface area (Å²) < 4.78 is 5.06. The molecular weight excluding hydrogens is 126 g/mol. The van der Waals surface area contributed by atoms with Crippen LogP contribution in [0.25, 0.3) is 0 Å². The van der Waals surface area contributed by atoms with Crippen molar-refractivity contribution in [3.05, 3.63) is 12.7 Å². The van der Waals surface area contributed by atoms with Crippen LogP contribution in [0.15, 0.2) is 17.6 Å². The minimum absolute atomic E-state index is 0.521. The number of allylic oxidation sites excluding steroid dienone is 1. The van der Waals surface area contributed by atoms with E-state index in [1.807, 2.05) is 6.08 Å². The Morgan fingerprint density at radius 2 is 2.50 bits per heavy atom. The highest BCUT2D eigenvalue weighted by Crippen LogP contribution is 2.40. The molecule has 56 valence electrons. The molecule has 0 aliphatic heterocycles. The van der Waals surface area contributed by atoms with Crippen LogP contribution in [-0.2, 0) is 4.74 Å². The molecule has 2 atom stereocenters. The summed E-state index contributed by atoms with van der Waals surface area (Å²) >= 11 is 0. The van der Waals surface area contributed by atoms with Gasteiger partial charge in [0, 0.05) is 13.0 Å². The van der Waals surface area contributed by atoms with Crippen LogP contribution in [0.3, 0.4) is 0 Å². The van der Waals surface area contributed by atoms with Crippen molar-refractivity contribution in [2.75, 3.05) is 14.2 Å². The fraction of sp³-hybridized carbons (Fsp3) is 0.625. The number of hydrogen-bond donors (Lipinski definition) is 0. The molecule has 0 bridgehead atoms. The Morgan fingerprint density at radius 3 is 2.80 bits per heavy atom. The van der Waals surface area contributed by atoms with Gasteiger partial charge >= 0.3 is 0 Å². The summed E-state index contributed by atoms with van der Waals surface area (Å²) in [6.45, 7) is 3.71. The van der Waals surface area contributed by atoms with Gasteiger partial charge in [-0.25, -0.2) is 0 Å². The van der Waals surface area contributed by atoms with E-state index in [1.165, 1.54) is 0 Å². The molecule has 10 heavy (non-hydrogen) atoms. The van der Waals surface area contributed by atoms with E-state index < -0.39 is 0 Å². The van der Waals surface area contributed by atoms with Crippen molar-refractivity contribution >= 4 is 5.90 Å². The fourth-order valence-electron chi connectivity index (χ4n) is 1.17. The van der Waals surface area contributed by atoms with Crippen molar-refractivity contribution in [3.63, 3.8) is 0 Å². The predicted molar refractivity (Wildman–Crippen MR) is 42.2 cm³/mol. The Kier molecular flexibility index (Phi) is 2.10. The molecule has 0 unspecified atom stereocenters. The third-order valence-electron chi connectivity index (χ3n) is 1.89. The van der Waals surface area contributed by atoms with Gasteiger partial charge < -0.3 is 4.74 Å². The maximum absolute atomic E-state index is 5.06. The number of methoxy groups -OCH3 is 1. The highest BCUT2D eigenvalue weighted by Gasteiger charge is 2.39. The van der Waals surface area contributed by atoms with Gasteiger partial charge in [0.2, 0.25) is 0 Å². The van der Waals surface area contributed by atoms with E-state index in [0.29, 0.717) is 11.8 Å². The second kappa shape index (κ2) is 2.86. The lowest BCUT2D eigenvalue weighted by Crippen LogP contribution is -2.04. The largest absolute Gasteiger partial charge is 0.484 e. The lowest BCUT2D eigenvalue weighted by Gasteiger charge is -1.99. The highest BCUT2D eigenvalue weighted by molar-refractivity contribution is 5.81. The Hall–Kier alpha value is -0.790. The van der Waals surface area contributed by atoms with E-state index in [1.54, 1.807) is 14.2 Å². The van der Waals surface area contributed by atoms with E-state index in [4.69, 9.17) is 4.74 Å². The number of nitrogens with zero attached hydrogens (tertiary/aromatic N) is 1. The van der Waals surface area contributed by atoms with E-state index >= 15 is 0 Å². The number of ether oxygens (including phenoxy) is 1. The van der Waals surface area contributed by atoms with E-state index in [0.717, 1.165) is 12.3 Å². The van der Waals surface area contributed by atoms with Gasteiger partial charge in [-0.15, -0.1) is 6.58 Å². The number of rotatable bonds is 2. The third kappa shape index (κ3) is 1.20. The molecule has 0 amide bonds. The zero-order chi connectivity index (χ0) is 7.56. The van der Waals surface area contributed by atoms with Gasteiger partial charge in [-0.1, -0.05) is 6.08 Å². The molecule has 1 aliphatic carbocycles. The Labute approximate surface area is 61.6 Å². The average molecular weight is 139 g/mol. The van der Waals surface area contributed by atoms with Crippen molar-refractivity contribution in [1.82, 2.24) is 0 Å². The third-order valence-corrected chi connectivity index (χ3v) is 1.89. The molecule has 0 heterocycles. The molecule has 1 aliphatic rings. The predicted octanol–water partition coefficient (Wildman–Crippen LogP) is 1.48. The van der Waals surface area contributed by atoms with Crippen molar-refractivity contribution in [1.29, 1.82) is 0 Å². The molecule has 0 aromatic rings. The van der Waals surface area contributed by atoms with Crippen molar-refractivity contribution in [3.8, 4) is 0 Å². The van der Waals surface area contributed by atoms with Crippen LogP contribution < -0.4 is 0 Å². The first-order valence-electron chi connectivity index (χ1n) is 3.46. The maximum atomic E-state index is 5.06. The molecule has 1 rings (SSSR count). The van der Waals surface area contributed by atoms with Gasteiger partial charge in [0.1, 0.15) is 0 Å². The molecule has 2 heteroatoms. The smallest absolute Gasteiger partial charge is 0.186 e.